The molecule has 0 saturated heterocycles. The molecule has 0 N–H and O–H groups in total. The first-order valence-electron chi connectivity index (χ1n) is 6.87. The smallest absolute Gasteiger partial charge is 0.274 e. The van der Waals surface area contributed by atoms with E-state index in [4.69, 9.17) is 0 Å². The van der Waals surface area contributed by atoms with Crippen molar-refractivity contribution in [2.75, 3.05) is 7.05 Å². The predicted molar refractivity (Wildman–Crippen MR) is 83.1 cm³/mol. The summed E-state index contributed by atoms with van der Waals surface area (Å²) < 4.78 is 1.08. The number of non-ortho nitro benzene ring substituents is 1. The Balaban J connectivity index is 2.28. The first-order valence-corrected chi connectivity index (χ1v) is 6.87. The van der Waals surface area contributed by atoms with Gasteiger partial charge in [0.25, 0.3) is 17.2 Å². The van der Waals surface area contributed by atoms with Gasteiger partial charge in [0.05, 0.1) is 11.0 Å². The fourth-order valence-electron chi connectivity index (χ4n) is 2.09. The van der Waals surface area contributed by atoms with E-state index in [1.165, 1.54) is 36.2 Å². The Morgan fingerprint density at radius 1 is 1.35 bits per heavy atom. The van der Waals surface area contributed by atoms with E-state index in [-0.39, 0.29) is 28.9 Å². The molecule has 2 rings (SSSR count). The highest BCUT2D eigenvalue weighted by molar-refractivity contribution is 5.92. The Kier molecular flexibility index (Phi) is 4.54. The number of carbonyl (C=O) groups excluding carboxylic acids is 1. The van der Waals surface area contributed by atoms with E-state index in [1.807, 2.05) is 0 Å². The van der Waals surface area contributed by atoms with Gasteiger partial charge in [0.2, 0.25) is 0 Å². The predicted octanol–water partition coefficient (Wildman–Crippen LogP) is 1.52. The molecule has 1 aromatic heterocycles. The minimum atomic E-state index is -0.480. The van der Waals surface area contributed by atoms with Gasteiger partial charge >= 0.3 is 0 Å². The molecule has 0 bridgehead atoms. The summed E-state index contributed by atoms with van der Waals surface area (Å²) in [5.41, 5.74) is 0.429. The summed E-state index contributed by atoms with van der Waals surface area (Å²) in [6.07, 6.45) is 0. The minimum Gasteiger partial charge on any atom is -0.334 e. The van der Waals surface area contributed by atoms with Crippen LogP contribution in [-0.2, 0) is 7.05 Å². The number of nitro groups is 1. The van der Waals surface area contributed by atoms with Crippen molar-refractivity contribution in [3.63, 3.8) is 0 Å². The average molecular weight is 316 g/mol. The third-order valence-electron chi connectivity index (χ3n) is 3.64. The number of hydrogen-bond donors (Lipinski definition) is 0. The lowest BCUT2D eigenvalue weighted by molar-refractivity contribution is -0.384. The molecule has 1 unspecified atom stereocenters. The quantitative estimate of drug-likeness (QED) is 0.629. The molecule has 0 aliphatic heterocycles. The number of aryl methyl sites for hydroxylation is 1. The lowest BCUT2D eigenvalue weighted by Crippen LogP contribution is -2.32. The highest BCUT2D eigenvalue weighted by Crippen LogP contribution is 2.23. The Hall–Kier alpha value is -3.03. The van der Waals surface area contributed by atoms with Gasteiger partial charge in [0.15, 0.2) is 0 Å². The van der Waals surface area contributed by atoms with Gasteiger partial charge in [-0.1, -0.05) is 12.1 Å². The van der Waals surface area contributed by atoms with Gasteiger partial charge in [0.1, 0.15) is 5.69 Å². The van der Waals surface area contributed by atoms with Crippen LogP contribution in [0.3, 0.4) is 0 Å². The van der Waals surface area contributed by atoms with Crippen molar-refractivity contribution < 1.29 is 9.72 Å². The number of benzene rings is 1. The van der Waals surface area contributed by atoms with Crippen LogP contribution in [0, 0.1) is 10.1 Å². The van der Waals surface area contributed by atoms with Crippen LogP contribution in [0.25, 0.3) is 0 Å². The van der Waals surface area contributed by atoms with E-state index >= 15 is 0 Å². The van der Waals surface area contributed by atoms with Crippen molar-refractivity contribution in [1.29, 1.82) is 0 Å². The van der Waals surface area contributed by atoms with Gasteiger partial charge in [0, 0.05) is 32.3 Å². The molecule has 1 atom stereocenters. The molecule has 1 heterocycles. The third kappa shape index (κ3) is 3.42. The third-order valence-corrected chi connectivity index (χ3v) is 3.64. The first kappa shape index (κ1) is 16.3. The van der Waals surface area contributed by atoms with Crippen molar-refractivity contribution in [3.8, 4) is 0 Å². The molecule has 1 aromatic carbocycles. The van der Waals surface area contributed by atoms with Crippen LogP contribution in [0.4, 0.5) is 5.69 Å². The van der Waals surface area contributed by atoms with E-state index < -0.39 is 4.92 Å². The Morgan fingerprint density at radius 3 is 2.65 bits per heavy atom. The SMILES string of the molecule is CC(c1cccc([N+](=O)[O-])c1)N(C)C(=O)c1ccc(=O)n(C)n1. The second kappa shape index (κ2) is 6.39. The van der Waals surface area contributed by atoms with Gasteiger partial charge in [-0.2, -0.15) is 5.10 Å². The van der Waals surface area contributed by atoms with Crippen LogP contribution in [0.5, 0.6) is 0 Å². The largest absolute Gasteiger partial charge is 0.334 e. The van der Waals surface area contributed by atoms with Crippen molar-refractivity contribution in [1.82, 2.24) is 14.7 Å². The maximum absolute atomic E-state index is 12.5. The number of nitro benzene ring substituents is 1. The van der Waals surface area contributed by atoms with Crippen LogP contribution < -0.4 is 5.56 Å². The number of hydrogen-bond acceptors (Lipinski definition) is 5. The molecule has 8 heteroatoms. The molecule has 0 aliphatic rings. The number of rotatable bonds is 4. The molecule has 0 saturated carbocycles. The molecule has 0 aliphatic carbocycles. The van der Waals surface area contributed by atoms with E-state index in [2.05, 4.69) is 5.10 Å². The zero-order chi connectivity index (χ0) is 17.1. The zero-order valence-corrected chi connectivity index (χ0v) is 13.0. The summed E-state index contributed by atoms with van der Waals surface area (Å²) in [5, 5.41) is 14.8. The first-order chi connectivity index (χ1) is 10.8. The van der Waals surface area contributed by atoms with Crippen LogP contribution >= 0.6 is 0 Å². The van der Waals surface area contributed by atoms with E-state index in [1.54, 1.807) is 26.1 Å². The topological polar surface area (TPSA) is 98.3 Å². The molecule has 1 amide bonds. The normalized spacial score (nSPS) is 11.8. The summed E-state index contributed by atoms with van der Waals surface area (Å²) >= 11 is 0. The Morgan fingerprint density at radius 2 is 2.04 bits per heavy atom. The van der Waals surface area contributed by atoms with Crippen molar-refractivity contribution >= 4 is 11.6 Å². The highest BCUT2D eigenvalue weighted by Gasteiger charge is 2.21. The number of nitrogens with zero attached hydrogens (tertiary/aromatic N) is 4. The Bertz CT molecular complexity index is 815. The second-order valence-electron chi connectivity index (χ2n) is 5.12. The summed E-state index contributed by atoms with van der Waals surface area (Å²) in [7, 11) is 3.04. The fraction of sp³-hybridized carbons (Fsp3) is 0.267. The summed E-state index contributed by atoms with van der Waals surface area (Å²) in [4.78, 5) is 35.6. The summed E-state index contributed by atoms with van der Waals surface area (Å²) in [6.45, 7) is 1.76. The van der Waals surface area contributed by atoms with E-state index in [0.717, 1.165) is 4.68 Å². The van der Waals surface area contributed by atoms with Crippen molar-refractivity contribution in [2.24, 2.45) is 7.05 Å². The molecular formula is C15H16N4O4. The monoisotopic (exact) mass is 316 g/mol. The maximum atomic E-state index is 12.5. The zero-order valence-electron chi connectivity index (χ0n) is 13.0. The van der Waals surface area contributed by atoms with Gasteiger partial charge in [-0.15, -0.1) is 0 Å². The van der Waals surface area contributed by atoms with E-state index in [9.17, 15) is 19.7 Å². The second-order valence-corrected chi connectivity index (χ2v) is 5.12. The molecule has 0 radical (unpaired) electrons. The standard InChI is InChI=1S/C15H16N4O4/c1-10(11-5-4-6-12(9-11)19(22)23)17(2)15(21)13-7-8-14(20)18(3)16-13/h4-10H,1-3H3. The Labute approximate surface area is 132 Å². The van der Waals surface area contributed by atoms with Crippen LogP contribution in [0.2, 0.25) is 0 Å². The van der Waals surface area contributed by atoms with Crippen LogP contribution in [0.15, 0.2) is 41.2 Å². The molecular weight excluding hydrogens is 300 g/mol. The van der Waals surface area contributed by atoms with Crippen molar-refractivity contribution in [2.45, 2.75) is 13.0 Å². The molecule has 2 aromatic rings. The molecule has 120 valence electrons. The highest BCUT2D eigenvalue weighted by atomic mass is 16.6. The van der Waals surface area contributed by atoms with E-state index in [0.29, 0.717) is 5.56 Å². The number of amides is 1. The molecule has 0 fully saturated rings. The van der Waals surface area contributed by atoms with Crippen LogP contribution in [-0.4, -0.2) is 32.6 Å². The number of carbonyl (C=O) groups is 1. The summed E-state index contributed by atoms with van der Waals surface area (Å²) in [6, 6.07) is 8.37. The molecule has 8 nitrogen and oxygen atoms in total. The van der Waals surface area contributed by atoms with Gasteiger partial charge < -0.3 is 4.90 Å². The lowest BCUT2D eigenvalue weighted by atomic mass is 10.1. The van der Waals surface area contributed by atoms with Gasteiger partial charge in [-0.3, -0.25) is 19.7 Å². The molecule has 23 heavy (non-hydrogen) atoms. The van der Waals surface area contributed by atoms with Gasteiger partial charge in [-0.25, -0.2) is 4.68 Å². The molecule has 0 spiro atoms. The number of aromatic nitrogens is 2. The van der Waals surface area contributed by atoms with Crippen LogP contribution in [0.1, 0.15) is 29.0 Å². The minimum absolute atomic E-state index is 0.0320. The fourth-order valence-corrected chi connectivity index (χ4v) is 2.09. The summed E-state index contributed by atoms with van der Waals surface area (Å²) in [5.74, 6) is -0.375. The average Bonchev–Trinajstić information content (AvgIpc) is 2.55. The lowest BCUT2D eigenvalue weighted by Gasteiger charge is -2.25. The van der Waals surface area contributed by atoms with Gasteiger partial charge in [-0.05, 0) is 18.6 Å². The van der Waals surface area contributed by atoms with Crippen molar-refractivity contribution in [3.05, 3.63) is 68.1 Å². The maximum Gasteiger partial charge on any atom is 0.274 e.